The number of furan rings is 1. The Bertz CT molecular complexity index is 304. The average molecular weight is 200 g/mol. The van der Waals surface area contributed by atoms with Crippen molar-refractivity contribution < 1.29 is 23.8 Å². The van der Waals surface area contributed by atoms with Crippen molar-refractivity contribution in [2.24, 2.45) is 0 Å². The highest BCUT2D eigenvalue weighted by Crippen LogP contribution is 2.17. The van der Waals surface area contributed by atoms with Crippen molar-refractivity contribution >= 4 is 5.97 Å². The van der Waals surface area contributed by atoms with Crippen LogP contribution in [0, 0.1) is 0 Å². The lowest BCUT2D eigenvalue weighted by Gasteiger charge is -2.10. The largest absolute Gasteiger partial charge is 0.475 e. The Hall–Kier alpha value is -1.49. The van der Waals surface area contributed by atoms with Crippen molar-refractivity contribution in [3.8, 4) is 5.95 Å². The molecule has 1 heterocycles. The molecule has 0 aliphatic heterocycles. The first-order valence-corrected chi connectivity index (χ1v) is 4.12. The van der Waals surface area contributed by atoms with E-state index in [1.165, 1.54) is 12.1 Å². The molecule has 0 aliphatic rings. The Kier molecular flexibility index (Phi) is 3.53. The maximum absolute atomic E-state index is 10.5. The van der Waals surface area contributed by atoms with Crippen molar-refractivity contribution in [1.29, 1.82) is 0 Å². The van der Waals surface area contributed by atoms with Crippen LogP contribution in [-0.2, 0) is 4.74 Å². The molecule has 78 valence electrons. The number of hydrogen-bond donors (Lipinski definition) is 1. The summed E-state index contributed by atoms with van der Waals surface area (Å²) in [4.78, 5) is 10.5. The molecule has 1 rings (SSSR count). The topological polar surface area (TPSA) is 68.9 Å². The molecular weight excluding hydrogens is 188 g/mol. The van der Waals surface area contributed by atoms with Gasteiger partial charge in [0.15, 0.2) is 0 Å². The number of ether oxygens (including phenoxy) is 2. The van der Waals surface area contributed by atoms with E-state index in [2.05, 4.69) is 0 Å². The van der Waals surface area contributed by atoms with E-state index >= 15 is 0 Å². The lowest BCUT2D eigenvalue weighted by atomic mass is 10.4. The van der Waals surface area contributed by atoms with Gasteiger partial charge >= 0.3 is 5.97 Å². The summed E-state index contributed by atoms with van der Waals surface area (Å²) in [5.41, 5.74) is 0. The molecule has 1 N–H and O–H groups in total. The van der Waals surface area contributed by atoms with E-state index in [4.69, 9.17) is 19.0 Å². The van der Waals surface area contributed by atoms with E-state index < -0.39 is 5.97 Å². The summed E-state index contributed by atoms with van der Waals surface area (Å²) in [6, 6.07) is 2.81. The highest BCUT2D eigenvalue weighted by molar-refractivity contribution is 5.84. The van der Waals surface area contributed by atoms with Crippen molar-refractivity contribution in [3.63, 3.8) is 0 Å². The maximum atomic E-state index is 10.5. The van der Waals surface area contributed by atoms with Gasteiger partial charge in [-0.25, -0.2) is 4.79 Å². The van der Waals surface area contributed by atoms with Gasteiger partial charge < -0.3 is 19.0 Å². The van der Waals surface area contributed by atoms with E-state index in [0.717, 1.165) is 0 Å². The Morgan fingerprint density at radius 2 is 2.36 bits per heavy atom. The minimum Gasteiger partial charge on any atom is -0.475 e. The van der Waals surface area contributed by atoms with Crippen LogP contribution < -0.4 is 4.74 Å². The molecule has 0 bridgehead atoms. The van der Waals surface area contributed by atoms with Crippen LogP contribution in [0.3, 0.4) is 0 Å². The molecule has 1 aromatic heterocycles. The van der Waals surface area contributed by atoms with Gasteiger partial charge in [0.2, 0.25) is 5.76 Å². The third-order valence-electron chi connectivity index (χ3n) is 1.51. The number of rotatable bonds is 5. The van der Waals surface area contributed by atoms with Crippen LogP contribution in [0.25, 0.3) is 0 Å². The highest BCUT2D eigenvalue weighted by atomic mass is 16.6. The minimum atomic E-state index is -1.11. The minimum absolute atomic E-state index is 0.135. The van der Waals surface area contributed by atoms with E-state index in [-0.39, 0.29) is 17.8 Å². The first-order valence-electron chi connectivity index (χ1n) is 4.12. The molecule has 1 aromatic rings. The maximum Gasteiger partial charge on any atom is 0.371 e. The Labute approximate surface area is 81.2 Å². The van der Waals surface area contributed by atoms with Crippen LogP contribution in [-0.4, -0.2) is 30.9 Å². The zero-order valence-electron chi connectivity index (χ0n) is 8.02. The van der Waals surface area contributed by atoms with Crippen molar-refractivity contribution in [3.05, 3.63) is 17.9 Å². The third kappa shape index (κ3) is 2.77. The van der Waals surface area contributed by atoms with Crippen molar-refractivity contribution in [1.82, 2.24) is 0 Å². The van der Waals surface area contributed by atoms with E-state index in [1.54, 1.807) is 14.0 Å². The van der Waals surface area contributed by atoms with Gasteiger partial charge in [-0.1, -0.05) is 0 Å². The summed E-state index contributed by atoms with van der Waals surface area (Å²) < 4.78 is 15.0. The number of hydrogen-bond acceptors (Lipinski definition) is 4. The zero-order chi connectivity index (χ0) is 10.6. The molecule has 1 atom stereocenters. The van der Waals surface area contributed by atoms with Gasteiger partial charge in [0, 0.05) is 13.2 Å². The van der Waals surface area contributed by atoms with Crippen LogP contribution >= 0.6 is 0 Å². The summed E-state index contributed by atoms with van der Waals surface area (Å²) in [7, 11) is 1.56. The van der Waals surface area contributed by atoms with Gasteiger partial charge in [-0.05, 0) is 13.0 Å². The number of methoxy groups -OCH3 is 1. The molecule has 0 aromatic carbocycles. The second-order valence-electron chi connectivity index (χ2n) is 2.81. The molecule has 0 saturated heterocycles. The summed E-state index contributed by atoms with van der Waals surface area (Å²) in [6.45, 7) is 2.22. The Morgan fingerprint density at radius 3 is 2.86 bits per heavy atom. The standard InChI is InChI=1S/C9H12O5/c1-6(5-12-2)13-8-4-3-7(14-8)9(10)11/h3-4,6H,5H2,1-2H3,(H,10,11). The number of aromatic carboxylic acids is 1. The van der Waals surface area contributed by atoms with Gasteiger partial charge in [-0.3, -0.25) is 0 Å². The summed E-state index contributed by atoms with van der Waals surface area (Å²) in [5, 5.41) is 8.56. The monoisotopic (exact) mass is 200 g/mol. The molecule has 0 saturated carbocycles. The average Bonchev–Trinajstić information content (AvgIpc) is 2.53. The van der Waals surface area contributed by atoms with Gasteiger partial charge in [-0.2, -0.15) is 0 Å². The Morgan fingerprint density at radius 1 is 1.64 bits per heavy atom. The van der Waals surface area contributed by atoms with Gasteiger partial charge in [0.25, 0.3) is 5.95 Å². The molecular formula is C9H12O5. The van der Waals surface area contributed by atoms with Crippen LogP contribution in [0.5, 0.6) is 5.95 Å². The fraction of sp³-hybridized carbons (Fsp3) is 0.444. The van der Waals surface area contributed by atoms with Crippen molar-refractivity contribution in [2.75, 3.05) is 13.7 Å². The van der Waals surface area contributed by atoms with Crippen LogP contribution in [0.15, 0.2) is 16.5 Å². The lowest BCUT2D eigenvalue weighted by molar-refractivity contribution is 0.0602. The Balaban J connectivity index is 2.55. The van der Waals surface area contributed by atoms with E-state index in [9.17, 15) is 4.79 Å². The molecule has 0 fully saturated rings. The molecule has 5 heteroatoms. The first-order chi connectivity index (χ1) is 6.63. The van der Waals surface area contributed by atoms with Crippen LogP contribution in [0.2, 0.25) is 0 Å². The first kappa shape index (κ1) is 10.6. The molecule has 14 heavy (non-hydrogen) atoms. The second kappa shape index (κ2) is 4.66. The van der Waals surface area contributed by atoms with Crippen LogP contribution in [0.4, 0.5) is 0 Å². The second-order valence-corrected chi connectivity index (χ2v) is 2.81. The lowest BCUT2D eigenvalue weighted by Crippen LogP contribution is -2.17. The van der Waals surface area contributed by atoms with Gasteiger partial charge in [-0.15, -0.1) is 0 Å². The van der Waals surface area contributed by atoms with Crippen molar-refractivity contribution in [2.45, 2.75) is 13.0 Å². The third-order valence-corrected chi connectivity index (χ3v) is 1.51. The van der Waals surface area contributed by atoms with E-state index in [0.29, 0.717) is 6.61 Å². The highest BCUT2D eigenvalue weighted by Gasteiger charge is 2.11. The SMILES string of the molecule is COCC(C)Oc1ccc(C(=O)O)o1. The predicted octanol–water partition coefficient (Wildman–Crippen LogP) is 1.39. The quantitative estimate of drug-likeness (QED) is 0.777. The molecule has 5 nitrogen and oxygen atoms in total. The molecule has 0 amide bonds. The summed E-state index contributed by atoms with van der Waals surface area (Å²) in [5.74, 6) is -1.06. The number of carbonyl (C=O) groups is 1. The molecule has 1 unspecified atom stereocenters. The van der Waals surface area contributed by atoms with Crippen LogP contribution in [0.1, 0.15) is 17.5 Å². The fourth-order valence-corrected chi connectivity index (χ4v) is 0.965. The summed E-state index contributed by atoms with van der Waals surface area (Å²) >= 11 is 0. The van der Waals surface area contributed by atoms with E-state index in [1.807, 2.05) is 0 Å². The smallest absolute Gasteiger partial charge is 0.371 e. The predicted molar refractivity (Wildman–Crippen MR) is 47.6 cm³/mol. The normalized spacial score (nSPS) is 12.4. The van der Waals surface area contributed by atoms with Gasteiger partial charge in [0.1, 0.15) is 6.10 Å². The fourth-order valence-electron chi connectivity index (χ4n) is 0.965. The molecule has 0 radical (unpaired) electrons. The van der Waals surface area contributed by atoms with Gasteiger partial charge in [0.05, 0.1) is 6.61 Å². The molecule has 0 aliphatic carbocycles. The number of carboxylic acids is 1. The zero-order valence-corrected chi connectivity index (χ0v) is 8.02. The number of carboxylic acid groups (broad SMARTS) is 1. The summed E-state index contributed by atoms with van der Waals surface area (Å²) in [6.07, 6.45) is -0.173. The molecule has 0 spiro atoms.